The minimum Gasteiger partial charge on any atom is -0.396 e. The standard InChI is InChI=1S/C8H17FO/c1-3-5-7(6-10)8(9)4-2/h7-8,10H,3-6H2,1-2H3/t7-,8-/m0/s1. The van der Waals surface area contributed by atoms with E-state index in [2.05, 4.69) is 0 Å². The predicted molar refractivity (Wildman–Crippen MR) is 40.7 cm³/mol. The van der Waals surface area contributed by atoms with Gasteiger partial charge in [0.1, 0.15) is 6.17 Å². The summed E-state index contributed by atoms with van der Waals surface area (Å²) in [5.74, 6) is -0.130. The topological polar surface area (TPSA) is 20.2 Å². The lowest BCUT2D eigenvalue weighted by Gasteiger charge is -2.15. The zero-order chi connectivity index (χ0) is 7.98. The molecule has 0 amide bonds. The maximum absolute atomic E-state index is 12.8. The van der Waals surface area contributed by atoms with Crippen molar-refractivity contribution >= 4 is 0 Å². The van der Waals surface area contributed by atoms with Gasteiger partial charge in [-0.3, -0.25) is 0 Å². The van der Waals surface area contributed by atoms with E-state index in [9.17, 15) is 4.39 Å². The summed E-state index contributed by atoms with van der Waals surface area (Å²) in [6.07, 6.45) is 1.45. The molecule has 0 bridgehead atoms. The Morgan fingerprint density at radius 2 is 2.00 bits per heavy atom. The molecule has 0 spiro atoms. The van der Waals surface area contributed by atoms with Crippen LogP contribution < -0.4 is 0 Å². The van der Waals surface area contributed by atoms with Crippen molar-refractivity contribution in [3.63, 3.8) is 0 Å². The quantitative estimate of drug-likeness (QED) is 0.633. The van der Waals surface area contributed by atoms with Crippen LogP contribution in [-0.2, 0) is 0 Å². The van der Waals surface area contributed by atoms with Crippen LogP contribution in [0.15, 0.2) is 0 Å². The third-order valence-electron chi connectivity index (χ3n) is 1.80. The summed E-state index contributed by atoms with van der Waals surface area (Å²) in [7, 11) is 0. The van der Waals surface area contributed by atoms with Crippen molar-refractivity contribution in [3.05, 3.63) is 0 Å². The van der Waals surface area contributed by atoms with Gasteiger partial charge in [0.2, 0.25) is 0 Å². The Morgan fingerprint density at radius 1 is 1.40 bits per heavy atom. The van der Waals surface area contributed by atoms with Gasteiger partial charge in [0, 0.05) is 12.5 Å². The van der Waals surface area contributed by atoms with E-state index in [-0.39, 0.29) is 12.5 Å². The van der Waals surface area contributed by atoms with Crippen molar-refractivity contribution in [2.45, 2.75) is 39.3 Å². The van der Waals surface area contributed by atoms with Gasteiger partial charge in [-0.15, -0.1) is 0 Å². The first-order valence-electron chi connectivity index (χ1n) is 4.01. The van der Waals surface area contributed by atoms with Gasteiger partial charge in [-0.2, -0.15) is 0 Å². The summed E-state index contributed by atoms with van der Waals surface area (Å²) in [6, 6.07) is 0. The molecule has 0 aliphatic heterocycles. The zero-order valence-corrected chi connectivity index (χ0v) is 6.81. The molecule has 0 aromatic carbocycles. The van der Waals surface area contributed by atoms with Crippen molar-refractivity contribution in [1.29, 1.82) is 0 Å². The smallest absolute Gasteiger partial charge is 0.105 e. The molecule has 0 aromatic rings. The highest BCUT2D eigenvalue weighted by Crippen LogP contribution is 2.16. The van der Waals surface area contributed by atoms with E-state index in [1.165, 1.54) is 0 Å². The van der Waals surface area contributed by atoms with Crippen LogP contribution in [-0.4, -0.2) is 17.9 Å². The molecule has 0 aromatic heterocycles. The predicted octanol–water partition coefficient (Wildman–Crippen LogP) is 2.14. The molecule has 0 heterocycles. The SMILES string of the molecule is CCC[C@@H](CO)[C@@H](F)CC. The normalized spacial score (nSPS) is 16.8. The molecule has 0 saturated heterocycles. The summed E-state index contributed by atoms with van der Waals surface area (Å²) in [4.78, 5) is 0. The van der Waals surface area contributed by atoms with Crippen LogP contribution in [0.3, 0.4) is 0 Å². The van der Waals surface area contributed by atoms with Crippen LogP contribution in [0.2, 0.25) is 0 Å². The van der Waals surface area contributed by atoms with Crippen molar-refractivity contribution in [1.82, 2.24) is 0 Å². The number of hydrogen-bond donors (Lipinski definition) is 1. The molecule has 2 atom stereocenters. The second-order valence-corrected chi connectivity index (χ2v) is 2.66. The molecule has 0 rings (SSSR count). The summed E-state index contributed by atoms with van der Waals surface area (Å²) >= 11 is 0. The monoisotopic (exact) mass is 148 g/mol. The summed E-state index contributed by atoms with van der Waals surface area (Å²) < 4.78 is 12.8. The van der Waals surface area contributed by atoms with Gasteiger partial charge in [-0.1, -0.05) is 20.3 Å². The highest BCUT2D eigenvalue weighted by molar-refractivity contribution is 4.65. The number of rotatable bonds is 5. The minimum absolute atomic E-state index is 0.0111. The van der Waals surface area contributed by atoms with E-state index >= 15 is 0 Å². The van der Waals surface area contributed by atoms with E-state index in [1.54, 1.807) is 0 Å². The second-order valence-electron chi connectivity index (χ2n) is 2.66. The minimum atomic E-state index is -0.815. The van der Waals surface area contributed by atoms with Gasteiger partial charge < -0.3 is 5.11 Å². The fourth-order valence-corrected chi connectivity index (χ4v) is 1.09. The number of aliphatic hydroxyl groups excluding tert-OH is 1. The molecule has 10 heavy (non-hydrogen) atoms. The molecule has 0 fully saturated rings. The third kappa shape index (κ3) is 3.16. The van der Waals surface area contributed by atoms with E-state index < -0.39 is 6.17 Å². The highest BCUT2D eigenvalue weighted by Gasteiger charge is 2.16. The van der Waals surface area contributed by atoms with Crippen molar-refractivity contribution in [2.75, 3.05) is 6.61 Å². The lowest BCUT2D eigenvalue weighted by molar-refractivity contribution is 0.128. The highest BCUT2D eigenvalue weighted by atomic mass is 19.1. The van der Waals surface area contributed by atoms with Crippen molar-refractivity contribution in [3.8, 4) is 0 Å². The van der Waals surface area contributed by atoms with Crippen LogP contribution in [0.4, 0.5) is 4.39 Å². The number of alkyl halides is 1. The first kappa shape index (κ1) is 9.89. The first-order valence-corrected chi connectivity index (χ1v) is 4.01. The zero-order valence-electron chi connectivity index (χ0n) is 6.81. The van der Waals surface area contributed by atoms with Gasteiger partial charge in [0.15, 0.2) is 0 Å². The first-order chi connectivity index (χ1) is 4.76. The van der Waals surface area contributed by atoms with Gasteiger partial charge in [-0.05, 0) is 12.8 Å². The molecule has 0 unspecified atom stereocenters. The Morgan fingerprint density at radius 3 is 2.30 bits per heavy atom. The molecule has 0 aliphatic carbocycles. The summed E-state index contributed by atoms with van der Waals surface area (Å²) in [6.45, 7) is 3.80. The van der Waals surface area contributed by atoms with E-state index in [4.69, 9.17) is 5.11 Å². The molecule has 2 heteroatoms. The molecule has 62 valence electrons. The van der Waals surface area contributed by atoms with Crippen LogP contribution in [0.1, 0.15) is 33.1 Å². The van der Waals surface area contributed by atoms with Crippen molar-refractivity contribution < 1.29 is 9.50 Å². The van der Waals surface area contributed by atoms with Gasteiger partial charge >= 0.3 is 0 Å². The van der Waals surface area contributed by atoms with Crippen LogP contribution in [0, 0.1) is 5.92 Å². The Hall–Kier alpha value is -0.110. The molecular formula is C8H17FO. The van der Waals surface area contributed by atoms with Crippen LogP contribution >= 0.6 is 0 Å². The Balaban J connectivity index is 3.56. The maximum Gasteiger partial charge on any atom is 0.105 e. The summed E-state index contributed by atoms with van der Waals surface area (Å²) in [5, 5.41) is 8.72. The van der Waals surface area contributed by atoms with Crippen LogP contribution in [0.25, 0.3) is 0 Å². The molecule has 0 radical (unpaired) electrons. The third-order valence-corrected chi connectivity index (χ3v) is 1.80. The number of hydrogen-bond acceptors (Lipinski definition) is 1. The Bertz CT molecular complexity index is 75.7. The molecule has 1 N–H and O–H groups in total. The average Bonchev–Trinajstić information content (AvgIpc) is 1.99. The molecule has 0 saturated carbocycles. The molecule has 1 nitrogen and oxygen atoms in total. The molecule has 0 aliphatic rings. The number of halogens is 1. The van der Waals surface area contributed by atoms with E-state index in [0.29, 0.717) is 6.42 Å². The van der Waals surface area contributed by atoms with Crippen molar-refractivity contribution in [2.24, 2.45) is 5.92 Å². The fourth-order valence-electron chi connectivity index (χ4n) is 1.09. The number of aliphatic hydroxyl groups is 1. The fraction of sp³-hybridized carbons (Fsp3) is 1.00. The second kappa shape index (κ2) is 5.66. The van der Waals surface area contributed by atoms with Crippen LogP contribution in [0.5, 0.6) is 0 Å². The summed E-state index contributed by atoms with van der Waals surface area (Å²) in [5.41, 5.74) is 0. The lowest BCUT2D eigenvalue weighted by atomic mass is 9.98. The Kier molecular flexibility index (Phi) is 5.60. The average molecular weight is 148 g/mol. The lowest BCUT2D eigenvalue weighted by Crippen LogP contribution is -2.18. The maximum atomic E-state index is 12.8. The Labute approximate surface area is 62.3 Å². The van der Waals surface area contributed by atoms with Gasteiger partial charge in [-0.25, -0.2) is 4.39 Å². The van der Waals surface area contributed by atoms with Gasteiger partial charge in [0.25, 0.3) is 0 Å². The van der Waals surface area contributed by atoms with Gasteiger partial charge in [0.05, 0.1) is 0 Å². The molecular weight excluding hydrogens is 131 g/mol. The largest absolute Gasteiger partial charge is 0.396 e. The van der Waals surface area contributed by atoms with E-state index in [1.807, 2.05) is 13.8 Å². The van der Waals surface area contributed by atoms with E-state index in [0.717, 1.165) is 12.8 Å².